The van der Waals surface area contributed by atoms with Gasteiger partial charge in [-0.1, -0.05) is 19.1 Å². The quantitative estimate of drug-likeness (QED) is 0.791. The van der Waals surface area contributed by atoms with E-state index in [4.69, 9.17) is 0 Å². The van der Waals surface area contributed by atoms with E-state index in [-0.39, 0.29) is 17.2 Å². The summed E-state index contributed by atoms with van der Waals surface area (Å²) in [7, 11) is 1.58. The van der Waals surface area contributed by atoms with Crippen molar-refractivity contribution in [2.45, 2.75) is 26.2 Å². The van der Waals surface area contributed by atoms with Gasteiger partial charge in [-0.15, -0.1) is 0 Å². The van der Waals surface area contributed by atoms with Crippen LogP contribution < -0.4 is 16.0 Å². The van der Waals surface area contributed by atoms with Gasteiger partial charge in [0.2, 0.25) is 5.91 Å². The number of benzene rings is 1. The normalized spacial score (nSPS) is 17.0. The minimum absolute atomic E-state index is 0.0165. The standard InChI is InChI=1S/C16H23N3O2/c1-3-16(8-10-18-11-9-16)15(21)19-13-7-5-4-6-12(13)14(20)17-2/h4-7,18H,3,8-11H2,1-2H3,(H,17,20)(H,19,21). The van der Waals surface area contributed by atoms with E-state index in [1.807, 2.05) is 6.07 Å². The van der Waals surface area contributed by atoms with E-state index >= 15 is 0 Å². The molecule has 0 bridgehead atoms. The highest BCUT2D eigenvalue weighted by molar-refractivity contribution is 6.04. The van der Waals surface area contributed by atoms with E-state index in [9.17, 15) is 9.59 Å². The molecule has 2 amide bonds. The lowest BCUT2D eigenvalue weighted by atomic mass is 9.76. The van der Waals surface area contributed by atoms with Crippen molar-refractivity contribution in [3.63, 3.8) is 0 Å². The molecule has 1 fully saturated rings. The third-order valence-electron chi connectivity index (χ3n) is 4.37. The molecule has 1 aliphatic heterocycles. The van der Waals surface area contributed by atoms with Crippen molar-refractivity contribution in [1.82, 2.24) is 10.6 Å². The molecule has 0 unspecified atom stereocenters. The summed E-state index contributed by atoms with van der Waals surface area (Å²) in [6.45, 7) is 3.77. The predicted molar refractivity (Wildman–Crippen MR) is 83.3 cm³/mol. The number of para-hydroxylation sites is 1. The molecule has 2 rings (SSSR count). The Morgan fingerprint density at radius 3 is 2.52 bits per heavy atom. The van der Waals surface area contributed by atoms with Gasteiger partial charge in [-0.2, -0.15) is 0 Å². The van der Waals surface area contributed by atoms with E-state index < -0.39 is 0 Å². The molecule has 0 aromatic heterocycles. The van der Waals surface area contributed by atoms with Gasteiger partial charge in [0, 0.05) is 7.05 Å². The highest BCUT2D eigenvalue weighted by atomic mass is 16.2. The van der Waals surface area contributed by atoms with Crippen LogP contribution in [0.4, 0.5) is 5.69 Å². The van der Waals surface area contributed by atoms with E-state index in [1.165, 1.54) is 0 Å². The molecule has 114 valence electrons. The third-order valence-corrected chi connectivity index (χ3v) is 4.37. The Labute approximate surface area is 125 Å². The molecule has 1 aromatic rings. The summed E-state index contributed by atoms with van der Waals surface area (Å²) in [5.41, 5.74) is 0.739. The van der Waals surface area contributed by atoms with Gasteiger partial charge < -0.3 is 16.0 Å². The van der Waals surface area contributed by atoms with Crippen molar-refractivity contribution < 1.29 is 9.59 Å². The first-order chi connectivity index (χ1) is 10.1. The second kappa shape index (κ2) is 6.72. The highest BCUT2D eigenvalue weighted by Gasteiger charge is 2.38. The Morgan fingerprint density at radius 2 is 1.90 bits per heavy atom. The molecular weight excluding hydrogens is 266 g/mol. The molecule has 0 atom stereocenters. The Kier molecular flexibility index (Phi) is 4.96. The summed E-state index contributed by atoms with van der Waals surface area (Å²) < 4.78 is 0. The zero-order chi connectivity index (χ0) is 15.3. The Hall–Kier alpha value is -1.88. The topological polar surface area (TPSA) is 70.2 Å². The Balaban J connectivity index is 2.21. The molecule has 0 spiro atoms. The largest absolute Gasteiger partial charge is 0.355 e. The van der Waals surface area contributed by atoms with Crippen molar-refractivity contribution in [3.05, 3.63) is 29.8 Å². The van der Waals surface area contributed by atoms with Crippen LogP contribution in [0.15, 0.2) is 24.3 Å². The van der Waals surface area contributed by atoms with Crippen molar-refractivity contribution in [1.29, 1.82) is 0 Å². The lowest BCUT2D eigenvalue weighted by molar-refractivity contribution is -0.127. The molecule has 0 saturated carbocycles. The summed E-state index contributed by atoms with van der Waals surface area (Å²) in [6, 6.07) is 7.10. The molecule has 0 radical (unpaired) electrons. The summed E-state index contributed by atoms with van der Waals surface area (Å²) in [5, 5.41) is 8.84. The van der Waals surface area contributed by atoms with Gasteiger partial charge in [-0.05, 0) is 44.5 Å². The Bertz CT molecular complexity index is 522. The lowest BCUT2D eigenvalue weighted by Gasteiger charge is -2.35. The monoisotopic (exact) mass is 289 g/mol. The van der Waals surface area contributed by atoms with Crippen LogP contribution >= 0.6 is 0 Å². The number of amides is 2. The maximum Gasteiger partial charge on any atom is 0.253 e. The van der Waals surface area contributed by atoms with Crippen LogP contribution in [0.1, 0.15) is 36.5 Å². The van der Waals surface area contributed by atoms with Crippen LogP contribution in [0.2, 0.25) is 0 Å². The number of hydrogen-bond acceptors (Lipinski definition) is 3. The number of carbonyl (C=O) groups is 2. The molecule has 5 heteroatoms. The van der Waals surface area contributed by atoms with Gasteiger partial charge >= 0.3 is 0 Å². The fraction of sp³-hybridized carbons (Fsp3) is 0.500. The maximum atomic E-state index is 12.7. The second-order valence-corrected chi connectivity index (χ2v) is 5.46. The van der Waals surface area contributed by atoms with Gasteiger partial charge in [0.05, 0.1) is 16.7 Å². The van der Waals surface area contributed by atoms with E-state index in [0.717, 1.165) is 32.4 Å². The molecule has 3 N–H and O–H groups in total. The third kappa shape index (κ3) is 3.24. The second-order valence-electron chi connectivity index (χ2n) is 5.46. The predicted octanol–water partition coefficient (Wildman–Crippen LogP) is 1.76. The molecule has 0 aliphatic carbocycles. The number of rotatable bonds is 4. The molecule has 1 aliphatic rings. The van der Waals surface area contributed by atoms with Gasteiger partial charge in [0.1, 0.15) is 0 Å². The number of anilines is 1. The van der Waals surface area contributed by atoms with Crippen LogP contribution in [-0.4, -0.2) is 32.0 Å². The van der Waals surface area contributed by atoms with Crippen LogP contribution in [0.5, 0.6) is 0 Å². The summed E-state index contributed by atoms with van der Waals surface area (Å²) in [6.07, 6.45) is 2.47. The van der Waals surface area contributed by atoms with Gasteiger partial charge in [-0.3, -0.25) is 9.59 Å². The molecule has 1 heterocycles. The maximum absolute atomic E-state index is 12.7. The van der Waals surface area contributed by atoms with Crippen molar-refractivity contribution in [2.75, 3.05) is 25.5 Å². The average molecular weight is 289 g/mol. The first kappa shape index (κ1) is 15.5. The summed E-state index contributed by atoms with van der Waals surface area (Å²) in [4.78, 5) is 24.6. The summed E-state index contributed by atoms with van der Waals surface area (Å²) in [5.74, 6) is -0.176. The smallest absolute Gasteiger partial charge is 0.253 e. The number of carbonyl (C=O) groups excluding carboxylic acids is 2. The van der Waals surface area contributed by atoms with Crippen molar-refractivity contribution in [2.24, 2.45) is 5.41 Å². The van der Waals surface area contributed by atoms with Crippen LogP contribution in [-0.2, 0) is 4.79 Å². The number of nitrogens with one attached hydrogen (secondary N) is 3. The zero-order valence-electron chi connectivity index (χ0n) is 12.7. The number of hydrogen-bond donors (Lipinski definition) is 3. The van der Waals surface area contributed by atoms with Crippen LogP contribution in [0.3, 0.4) is 0 Å². The molecule has 1 aromatic carbocycles. The van der Waals surface area contributed by atoms with E-state index in [1.54, 1.807) is 25.2 Å². The van der Waals surface area contributed by atoms with E-state index in [2.05, 4.69) is 22.9 Å². The van der Waals surface area contributed by atoms with E-state index in [0.29, 0.717) is 11.3 Å². The Morgan fingerprint density at radius 1 is 1.24 bits per heavy atom. The number of piperidine rings is 1. The summed E-state index contributed by atoms with van der Waals surface area (Å²) >= 11 is 0. The molecular formula is C16H23N3O2. The minimum atomic E-state index is -0.332. The van der Waals surface area contributed by atoms with Crippen molar-refractivity contribution in [3.8, 4) is 0 Å². The molecule has 5 nitrogen and oxygen atoms in total. The highest BCUT2D eigenvalue weighted by Crippen LogP contribution is 2.34. The van der Waals surface area contributed by atoms with Crippen molar-refractivity contribution >= 4 is 17.5 Å². The SMILES string of the molecule is CCC1(C(=O)Nc2ccccc2C(=O)NC)CCNCC1. The fourth-order valence-corrected chi connectivity index (χ4v) is 2.83. The first-order valence-electron chi connectivity index (χ1n) is 7.46. The van der Waals surface area contributed by atoms with Gasteiger partial charge in [-0.25, -0.2) is 0 Å². The van der Waals surface area contributed by atoms with Gasteiger partial charge in [0.15, 0.2) is 0 Å². The average Bonchev–Trinajstić information content (AvgIpc) is 2.55. The zero-order valence-corrected chi connectivity index (χ0v) is 12.7. The molecule has 1 saturated heterocycles. The minimum Gasteiger partial charge on any atom is -0.355 e. The van der Waals surface area contributed by atoms with Crippen LogP contribution in [0, 0.1) is 5.41 Å². The fourth-order valence-electron chi connectivity index (χ4n) is 2.83. The first-order valence-corrected chi connectivity index (χ1v) is 7.46. The molecule has 21 heavy (non-hydrogen) atoms. The van der Waals surface area contributed by atoms with Crippen LogP contribution in [0.25, 0.3) is 0 Å². The van der Waals surface area contributed by atoms with Gasteiger partial charge in [0.25, 0.3) is 5.91 Å². The lowest BCUT2D eigenvalue weighted by Crippen LogP contribution is -2.44.